The van der Waals surface area contributed by atoms with Crippen LogP contribution in [0.25, 0.3) is 0 Å². The van der Waals surface area contributed by atoms with E-state index in [1.807, 2.05) is 6.92 Å². The highest BCUT2D eigenvalue weighted by atomic mass is 16.3. The van der Waals surface area contributed by atoms with E-state index in [2.05, 4.69) is 29.0 Å². The predicted molar refractivity (Wildman–Crippen MR) is 80.9 cm³/mol. The first-order valence-corrected chi connectivity index (χ1v) is 7.73. The lowest BCUT2D eigenvalue weighted by molar-refractivity contribution is 0.108. The molecule has 4 heteroatoms. The molecule has 1 N–H and O–H groups in total. The van der Waals surface area contributed by atoms with Crippen LogP contribution >= 0.6 is 0 Å². The van der Waals surface area contributed by atoms with Gasteiger partial charge in [0.1, 0.15) is 5.82 Å². The number of aliphatic hydroxyl groups excluding tert-OH is 1. The van der Waals surface area contributed by atoms with E-state index in [1.165, 1.54) is 24.8 Å². The third kappa shape index (κ3) is 2.54. The lowest BCUT2D eigenvalue weighted by atomic mass is 9.90. The van der Waals surface area contributed by atoms with Gasteiger partial charge < -0.3 is 10.0 Å². The van der Waals surface area contributed by atoms with Gasteiger partial charge in [0.25, 0.3) is 0 Å². The van der Waals surface area contributed by atoms with Gasteiger partial charge in [0, 0.05) is 37.4 Å². The van der Waals surface area contributed by atoms with Crippen LogP contribution in [0, 0.1) is 6.92 Å². The zero-order valence-corrected chi connectivity index (χ0v) is 12.5. The second-order valence-corrected chi connectivity index (χ2v) is 6.23. The molecule has 0 amide bonds. The van der Waals surface area contributed by atoms with E-state index in [4.69, 9.17) is 4.98 Å². The standard InChI is InChI=1S/C16H25N3O/c1-12-6-7-13-10-19(14-4-3-5-14)9-8-15(11-20)18(2)16(13)17-12/h6-7,14-15,20H,3-5,8-11H2,1-2H3/t15-/m0/s1. The molecule has 3 rings (SSSR count). The lowest BCUT2D eigenvalue weighted by Crippen LogP contribution is -2.46. The minimum Gasteiger partial charge on any atom is -0.394 e. The summed E-state index contributed by atoms with van der Waals surface area (Å²) in [6, 6.07) is 5.22. The second-order valence-electron chi connectivity index (χ2n) is 6.23. The fourth-order valence-electron chi connectivity index (χ4n) is 3.26. The molecule has 1 aliphatic carbocycles. The molecule has 1 atom stereocenters. The van der Waals surface area contributed by atoms with E-state index < -0.39 is 0 Å². The molecule has 4 nitrogen and oxygen atoms in total. The summed E-state index contributed by atoms with van der Waals surface area (Å²) < 4.78 is 0. The number of hydrogen-bond donors (Lipinski definition) is 1. The number of aryl methyl sites for hydroxylation is 1. The molecule has 2 aliphatic rings. The van der Waals surface area contributed by atoms with Crippen molar-refractivity contribution in [1.82, 2.24) is 9.88 Å². The molecule has 0 bridgehead atoms. The smallest absolute Gasteiger partial charge is 0.133 e. The summed E-state index contributed by atoms with van der Waals surface area (Å²) in [6.07, 6.45) is 5.03. The molecular formula is C16H25N3O. The van der Waals surface area contributed by atoms with Crippen molar-refractivity contribution in [3.05, 3.63) is 23.4 Å². The Morgan fingerprint density at radius 1 is 1.30 bits per heavy atom. The molecule has 1 fully saturated rings. The minimum atomic E-state index is 0.172. The summed E-state index contributed by atoms with van der Waals surface area (Å²) in [6.45, 7) is 4.30. The Morgan fingerprint density at radius 2 is 2.10 bits per heavy atom. The predicted octanol–water partition coefficient (Wildman–Crippen LogP) is 1.95. The van der Waals surface area contributed by atoms with Crippen molar-refractivity contribution in [3.8, 4) is 0 Å². The molecular weight excluding hydrogens is 250 g/mol. The van der Waals surface area contributed by atoms with Gasteiger partial charge in [-0.1, -0.05) is 12.5 Å². The third-order valence-electron chi connectivity index (χ3n) is 4.90. The van der Waals surface area contributed by atoms with Crippen molar-refractivity contribution in [2.24, 2.45) is 0 Å². The zero-order chi connectivity index (χ0) is 14.1. The van der Waals surface area contributed by atoms with Crippen molar-refractivity contribution in [2.75, 3.05) is 25.1 Å². The van der Waals surface area contributed by atoms with Gasteiger partial charge in [-0.25, -0.2) is 4.98 Å². The Bertz CT molecular complexity index is 473. The molecule has 1 saturated carbocycles. The molecule has 2 heterocycles. The van der Waals surface area contributed by atoms with Crippen LogP contribution in [-0.2, 0) is 6.54 Å². The highest BCUT2D eigenvalue weighted by Crippen LogP contribution is 2.31. The van der Waals surface area contributed by atoms with Gasteiger partial charge in [-0.05, 0) is 32.3 Å². The Morgan fingerprint density at radius 3 is 2.75 bits per heavy atom. The zero-order valence-electron chi connectivity index (χ0n) is 12.5. The maximum absolute atomic E-state index is 9.68. The molecule has 0 radical (unpaired) electrons. The normalized spacial score (nSPS) is 24.8. The van der Waals surface area contributed by atoms with Gasteiger partial charge in [-0.15, -0.1) is 0 Å². The van der Waals surface area contributed by atoms with Crippen LogP contribution in [0.3, 0.4) is 0 Å². The van der Waals surface area contributed by atoms with Gasteiger partial charge in [0.2, 0.25) is 0 Å². The Hall–Kier alpha value is -1.13. The molecule has 1 aromatic rings. The number of fused-ring (bicyclic) bond motifs is 1. The highest BCUT2D eigenvalue weighted by Gasteiger charge is 2.29. The number of anilines is 1. The van der Waals surface area contributed by atoms with Gasteiger partial charge in [0.15, 0.2) is 0 Å². The third-order valence-corrected chi connectivity index (χ3v) is 4.90. The summed E-state index contributed by atoms with van der Waals surface area (Å²) in [7, 11) is 2.06. The van der Waals surface area contributed by atoms with E-state index in [-0.39, 0.29) is 12.6 Å². The van der Waals surface area contributed by atoms with E-state index >= 15 is 0 Å². The second kappa shape index (κ2) is 5.70. The number of pyridine rings is 1. The van der Waals surface area contributed by atoms with Crippen molar-refractivity contribution in [1.29, 1.82) is 0 Å². The summed E-state index contributed by atoms with van der Waals surface area (Å²) in [5.74, 6) is 1.05. The fraction of sp³-hybridized carbons (Fsp3) is 0.688. The van der Waals surface area contributed by atoms with Crippen LogP contribution < -0.4 is 4.90 Å². The summed E-state index contributed by atoms with van der Waals surface area (Å²) in [5, 5.41) is 9.68. The largest absolute Gasteiger partial charge is 0.394 e. The van der Waals surface area contributed by atoms with Crippen molar-refractivity contribution >= 4 is 5.82 Å². The van der Waals surface area contributed by atoms with E-state index in [9.17, 15) is 5.11 Å². The van der Waals surface area contributed by atoms with Crippen LogP contribution in [-0.4, -0.2) is 47.3 Å². The Labute approximate surface area is 121 Å². The Balaban J connectivity index is 1.92. The van der Waals surface area contributed by atoms with Crippen molar-refractivity contribution < 1.29 is 5.11 Å². The van der Waals surface area contributed by atoms with Crippen LogP contribution in [0.1, 0.15) is 36.9 Å². The van der Waals surface area contributed by atoms with Gasteiger partial charge in [-0.3, -0.25) is 4.90 Å². The van der Waals surface area contributed by atoms with Crippen molar-refractivity contribution in [2.45, 2.75) is 51.2 Å². The first-order valence-electron chi connectivity index (χ1n) is 7.73. The fourth-order valence-corrected chi connectivity index (χ4v) is 3.26. The SMILES string of the molecule is Cc1ccc2c(n1)N(C)[C@H](CO)CCN(C1CCC1)C2. The van der Waals surface area contributed by atoms with E-state index in [0.717, 1.165) is 37.1 Å². The summed E-state index contributed by atoms with van der Waals surface area (Å²) >= 11 is 0. The number of hydrogen-bond acceptors (Lipinski definition) is 4. The maximum Gasteiger partial charge on any atom is 0.133 e. The average molecular weight is 275 g/mol. The number of nitrogens with zero attached hydrogens (tertiary/aromatic N) is 3. The first-order chi connectivity index (χ1) is 9.69. The molecule has 0 spiro atoms. The molecule has 110 valence electrons. The van der Waals surface area contributed by atoms with E-state index in [0.29, 0.717) is 0 Å². The summed E-state index contributed by atoms with van der Waals surface area (Å²) in [4.78, 5) is 9.48. The van der Waals surface area contributed by atoms with Crippen LogP contribution in [0.15, 0.2) is 12.1 Å². The maximum atomic E-state index is 9.68. The molecule has 20 heavy (non-hydrogen) atoms. The average Bonchev–Trinajstić information content (AvgIpc) is 2.37. The number of aliphatic hydroxyl groups is 1. The number of aromatic nitrogens is 1. The van der Waals surface area contributed by atoms with Gasteiger partial charge >= 0.3 is 0 Å². The minimum absolute atomic E-state index is 0.172. The monoisotopic (exact) mass is 275 g/mol. The van der Waals surface area contributed by atoms with Crippen LogP contribution in [0.2, 0.25) is 0 Å². The number of likely N-dealkylation sites (N-methyl/N-ethyl adjacent to an activating group) is 1. The molecule has 0 unspecified atom stereocenters. The first kappa shape index (κ1) is 13.8. The molecule has 0 saturated heterocycles. The van der Waals surface area contributed by atoms with Crippen LogP contribution in [0.4, 0.5) is 5.82 Å². The van der Waals surface area contributed by atoms with Gasteiger partial charge in [-0.2, -0.15) is 0 Å². The lowest BCUT2D eigenvalue weighted by Gasteiger charge is -2.41. The Kier molecular flexibility index (Phi) is 3.94. The summed E-state index contributed by atoms with van der Waals surface area (Å²) in [5.41, 5.74) is 2.34. The molecule has 0 aromatic carbocycles. The molecule has 1 aromatic heterocycles. The van der Waals surface area contributed by atoms with E-state index in [1.54, 1.807) is 0 Å². The topological polar surface area (TPSA) is 39.6 Å². The number of rotatable bonds is 2. The highest BCUT2D eigenvalue weighted by molar-refractivity contribution is 5.48. The van der Waals surface area contributed by atoms with Gasteiger partial charge in [0.05, 0.1) is 12.6 Å². The quantitative estimate of drug-likeness (QED) is 0.895. The molecule has 1 aliphatic heterocycles. The van der Waals surface area contributed by atoms with Crippen LogP contribution in [0.5, 0.6) is 0 Å². The van der Waals surface area contributed by atoms with Crippen molar-refractivity contribution in [3.63, 3.8) is 0 Å².